The van der Waals surface area contributed by atoms with Gasteiger partial charge >= 0.3 is 6.03 Å². The molecule has 0 saturated carbocycles. The summed E-state index contributed by atoms with van der Waals surface area (Å²) in [7, 11) is 0. The highest BCUT2D eigenvalue weighted by Gasteiger charge is 2.28. The third kappa shape index (κ3) is 6.95. The second-order valence-electron chi connectivity index (χ2n) is 10.7. The van der Waals surface area contributed by atoms with Crippen molar-refractivity contribution in [3.8, 4) is 6.07 Å². The molecule has 0 radical (unpaired) electrons. The summed E-state index contributed by atoms with van der Waals surface area (Å²) >= 11 is 0. The minimum Gasteiger partial charge on any atom is -0.369 e. The van der Waals surface area contributed by atoms with Crippen LogP contribution in [0, 0.1) is 23.2 Å². The zero-order valence-electron chi connectivity index (χ0n) is 23.7. The molecule has 0 aliphatic carbocycles. The van der Waals surface area contributed by atoms with Crippen LogP contribution in [0.4, 0.5) is 22.1 Å². The van der Waals surface area contributed by atoms with E-state index < -0.39 is 6.03 Å². The van der Waals surface area contributed by atoms with E-state index in [0.717, 1.165) is 38.3 Å². The lowest BCUT2D eigenvalue weighted by molar-refractivity contribution is -0.132. The number of piperidine rings is 1. The van der Waals surface area contributed by atoms with Gasteiger partial charge in [0.05, 0.1) is 12.6 Å². The summed E-state index contributed by atoms with van der Waals surface area (Å²) in [6, 6.07) is 10.9. The SMILES string of the molecule is C[C@@H]1CCN(C(=O)CC#N)C[C@H]1CNc1ncc2ccn(C(=O)NCC(=O)Nc3ccc(N4CCNCC4)cc3)c2n1. The van der Waals surface area contributed by atoms with Crippen LogP contribution in [0.15, 0.2) is 42.7 Å². The standard InChI is InChI=1S/C29H36N10O3/c1-20-7-12-38(26(41)6-9-30)19-22(20)17-33-28-32-16-21-8-13-39(27(21)36-28)29(42)34-18-25(40)35-23-2-4-24(5-3-23)37-14-10-31-11-15-37/h2-5,8,13,16,20,22,31H,6-7,10-12,14-15,17-19H2,1H3,(H,34,42)(H,35,40)(H,32,33,36)/t20-,22-/m1/s1. The van der Waals surface area contributed by atoms with E-state index in [0.29, 0.717) is 48.2 Å². The first-order valence-corrected chi connectivity index (χ1v) is 14.3. The fourth-order valence-electron chi connectivity index (χ4n) is 5.34. The molecule has 2 fully saturated rings. The molecule has 220 valence electrons. The molecule has 1 aromatic carbocycles. The molecule has 2 atom stereocenters. The highest BCUT2D eigenvalue weighted by molar-refractivity contribution is 5.96. The van der Waals surface area contributed by atoms with E-state index in [1.165, 1.54) is 4.57 Å². The van der Waals surface area contributed by atoms with Gasteiger partial charge in [-0.2, -0.15) is 10.2 Å². The summed E-state index contributed by atoms with van der Waals surface area (Å²) in [5, 5.41) is 21.6. The molecule has 5 rings (SSSR count). The average Bonchev–Trinajstić information content (AvgIpc) is 3.44. The number of fused-ring (bicyclic) bond motifs is 1. The van der Waals surface area contributed by atoms with E-state index in [2.05, 4.69) is 43.1 Å². The van der Waals surface area contributed by atoms with Crippen LogP contribution in [0.3, 0.4) is 0 Å². The number of rotatable bonds is 8. The van der Waals surface area contributed by atoms with Crippen molar-refractivity contribution >= 4 is 46.2 Å². The predicted octanol–water partition coefficient (Wildman–Crippen LogP) is 1.85. The fourth-order valence-corrected chi connectivity index (χ4v) is 5.34. The molecule has 0 bridgehead atoms. The summed E-state index contributed by atoms with van der Waals surface area (Å²) in [4.78, 5) is 50.6. The summed E-state index contributed by atoms with van der Waals surface area (Å²) in [6.07, 6.45) is 3.98. The number of benzene rings is 1. The molecule has 0 unspecified atom stereocenters. The number of nitrogens with zero attached hydrogens (tertiary/aromatic N) is 6. The molecule has 3 aromatic rings. The number of nitriles is 1. The Morgan fingerprint density at radius 2 is 1.90 bits per heavy atom. The maximum absolute atomic E-state index is 12.9. The number of aromatic nitrogens is 3. The molecular formula is C29H36N10O3. The molecule has 3 amide bonds. The minimum atomic E-state index is -0.480. The number of likely N-dealkylation sites (tertiary alicyclic amines) is 1. The van der Waals surface area contributed by atoms with Crippen LogP contribution in [0.5, 0.6) is 0 Å². The summed E-state index contributed by atoms with van der Waals surface area (Å²) in [6.45, 7) is 7.51. The molecule has 0 spiro atoms. The van der Waals surface area contributed by atoms with E-state index in [-0.39, 0.29) is 30.7 Å². The van der Waals surface area contributed by atoms with E-state index >= 15 is 0 Å². The maximum Gasteiger partial charge on any atom is 0.327 e. The Bertz CT molecular complexity index is 1460. The maximum atomic E-state index is 12.9. The molecule has 13 heteroatoms. The van der Waals surface area contributed by atoms with Crippen LogP contribution in [0.25, 0.3) is 11.0 Å². The lowest BCUT2D eigenvalue weighted by atomic mass is 9.87. The second kappa shape index (κ2) is 13.3. The Balaban J connectivity index is 1.14. The van der Waals surface area contributed by atoms with Crippen molar-refractivity contribution in [2.75, 3.05) is 67.9 Å². The van der Waals surface area contributed by atoms with Crippen LogP contribution >= 0.6 is 0 Å². The number of hydrogen-bond acceptors (Lipinski definition) is 9. The smallest absolute Gasteiger partial charge is 0.327 e. The molecule has 2 aromatic heterocycles. The number of nitrogens with one attached hydrogen (secondary N) is 4. The van der Waals surface area contributed by atoms with Crippen molar-refractivity contribution in [1.29, 1.82) is 5.26 Å². The number of hydrogen-bond donors (Lipinski definition) is 4. The van der Waals surface area contributed by atoms with Crippen LogP contribution < -0.4 is 26.2 Å². The summed E-state index contributed by atoms with van der Waals surface area (Å²) in [5.41, 5.74) is 2.18. The molecule has 4 N–H and O–H groups in total. The van der Waals surface area contributed by atoms with Gasteiger partial charge in [0.15, 0.2) is 5.65 Å². The highest BCUT2D eigenvalue weighted by Crippen LogP contribution is 2.24. The Morgan fingerprint density at radius 1 is 1.12 bits per heavy atom. The molecule has 2 aliphatic rings. The lowest BCUT2D eigenvalue weighted by Gasteiger charge is -2.37. The number of carbonyl (C=O) groups is 3. The summed E-state index contributed by atoms with van der Waals surface area (Å²) in [5.74, 6) is 0.444. The van der Waals surface area contributed by atoms with Gasteiger partial charge in [-0.3, -0.25) is 14.2 Å². The van der Waals surface area contributed by atoms with Crippen molar-refractivity contribution in [2.45, 2.75) is 19.8 Å². The normalized spacial score (nSPS) is 18.8. The quantitative estimate of drug-likeness (QED) is 0.316. The van der Waals surface area contributed by atoms with Crippen LogP contribution in [-0.4, -0.2) is 89.6 Å². The molecule has 2 saturated heterocycles. The Labute approximate surface area is 244 Å². The third-order valence-corrected chi connectivity index (χ3v) is 7.90. The average molecular weight is 573 g/mol. The number of anilines is 3. The molecular weight excluding hydrogens is 536 g/mol. The minimum absolute atomic E-state index is 0.112. The van der Waals surface area contributed by atoms with Gasteiger partial charge in [0.1, 0.15) is 6.42 Å². The largest absolute Gasteiger partial charge is 0.369 e. The van der Waals surface area contributed by atoms with Gasteiger partial charge in [-0.1, -0.05) is 6.92 Å². The topological polar surface area (TPSA) is 160 Å². The predicted molar refractivity (Wildman–Crippen MR) is 159 cm³/mol. The molecule has 2 aliphatic heterocycles. The number of amides is 3. The van der Waals surface area contributed by atoms with Crippen LogP contribution in [0.1, 0.15) is 19.8 Å². The lowest BCUT2D eigenvalue weighted by Crippen LogP contribution is -2.45. The Kier molecular flexibility index (Phi) is 9.13. The number of carbonyl (C=O) groups excluding carboxylic acids is 3. The Morgan fingerprint density at radius 3 is 2.67 bits per heavy atom. The zero-order valence-corrected chi connectivity index (χ0v) is 23.7. The first-order valence-electron chi connectivity index (χ1n) is 14.3. The van der Waals surface area contributed by atoms with E-state index in [9.17, 15) is 14.4 Å². The van der Waals surface area contributed by atoms with Crippen molar-refractivity contribution in [1.82, 2.24) is 30.1 Å². The molecule has 13 nitrogen and oxygen atoms in total. The zero-order chi connectivity index (χ0) is 29.5. The van der Waals surface area contributed by atoms with Gasteiger partial charge in [-0.15, -0.1) is 0 Å². The first-order chi connectivity index (χ1) is 20.4. The van der Waals surface area contributed by atoms with E-state index in [4.69, 9.17) is 5.26 Å². The van der Waals surface area contributed by atoms with Gasteiger partial charge in [-0.05, 0) is 48.6 Å². The summed E-state index contributed by atoms with van der Waals surface area (Å²) < 4.78 is 1.35. The van der Waals surface area contributed by atoms with Crippen molar-refractivity contribution in [3.05, 3.63) is 42.7 Å². The van der Waals surface area contributed by atoms with Gasteiger partial charge in [-0.25, -0.2) is 9.78 Å². The van der Waals surface area contributed by atoms with Gasteiger partial charge < -0.3 is 31.1 Å². The van der Waals surface area contributed by atoms with Crippen molar-refractivity contribution in [3.63, 3.8) is 0 Å². The molecule has 4 heterocycles. The van der Waals surface area contributed by atoms with Crippen LogP contribution in [-0.2, 0) is 9.59 Å². The van der Waals surface area contributed by atoms with E-state index in [1.54, 1.807) is 23.4 Å². The third-order valence-electron chi connectivity index (χ3n) is 7.90. The Hall–Kier alpha value is -4.70. The first kappa shape index (κ1) is 28.8. The molecule has 42 heavy (non-hydrogen) atoms. The monoisotopic (exact) mass is 572 g/mol. The highest BCUT2D eigenvalue weighted by atomic mass is 16.2. The second-order valence-corrected chi connectivity index (χ2v) is 10.7. The van der Waals surface area contributed by atoms with Crippen LogP contribution in [0.2, 0.25) is 0 Å². The van der Waals surface area contributed by atoms with Crippen molar-refractivity contribution < 1.29 is 14.4 Å². The van der Waals surface area contributed by atoms with Gasteiger partial charge in [0.2, 0.25) is 17.8 Å². The van der Waals surface area contributed by atoms with Crippen molar-refractivity contribution in [2.24, 2.45) is 11.8 Å². The number of piperazine rings is 1. The fraction of sp³-hybridized carbons (Fsp3) is 0.448. The van der Waals surface area contributed by atoms with Gasteiger partial charge in [0, 0.05) is 75.0 Å². The van der Waals surface area contributed by atoms with Gasteiger partial charge in [0.25, 0.3) is 0 Å². The van der Waals surface area contributed by atoms with E-state index in [1.807, 2.05) is 30.3 Å².